The fourth-order valence-electron chi connectivity index (χ4n) is 2.87. The van der Waals surface area contributed by atoms with Crippen LogP contribution in [-0.4, -0.2) is 22.5 Å². The first-order chi connectivity index (χ1) is 12.0. The molecule has 25 heavy (non-hydrogen) atoms. The second-order valence-corrected chi connectivity index (χ2v) is 9.06. The van der Waals surface area contributed by atoms with E-state index in [1.807, 2.05) is 6.07 Å². The van der Waals surface area contributed by atoms with Gasteiger partial charge in [-0.05, 0) is 38.0 Å². The molecule has 0 fully saturated rings. The largest absolute Gasteiger partial charge is 0.485 e. The zero-order valence-corrected chi connectivity index (χ0v) is 17.1. The lowest BCUT2D eigenvalue weighted by atomic mass is 10.0. The third-order valence-electron chi connectivity index (χ3n) is 4.68. The van der Waals surface area contributed by atoms with Crippen molar-refractivity contribution in [1.29, 1.82) is 0 Å². The van der Waals surface area contributed by atoms with Crippen LogP contribution in [0.15, 0.2) is 72.8 Å². The van der Waals surface area contributed by atoms with Gasteiger partial charge >= 0.3 is 0 Å². The van der Waals surface area contributed by atoms with Gasteiger partial charge in [-0.15, -0.1) is 0 Å². The van der Waals surface area contributed by atoms with Gasteiger partial charge in [0.05, 0.1) is 3.55 Å². The predicted octanol–water partition coefficient (Wildman–Crippen LogP) is 6.06. The zero-order chi connectivity index (χ0) is 17.9. The van der Waals surface area contributed by atoms with Crippen molar-refractivity contribution in [3.63, 3.8) is 0 Å². The number of nitrogens with zero attached hydrogens (tertiary/aromatic N) is 1. The standard InChI is InChI=1S/C22H24INO/c1-22(23,24(2)3)16-21(18-11-5-4-6-12-18)25-20-15-9-13-17-10-7-8-14-19(17)20/h4-15,21H,16H2,1-3H3. The number of benzene rings is 3. The number of rotatable bonds is 6. The number of fused-ring (bicyclic) bond motifs is 1. The molecular formula is C22H24INO. The summed E-state index contributed by atoms with van der Waals surface area (Å²) in [6.07, 6.45) is 0.893. The van der Waals surface area contributed by atoms with Gasteiger partial charge < -0.3 is 4.74 Å². The minimum absolute atomic E-state index is 0.00283. The van der Waals surface area contributed by atoms with E-state index in [2.05, 4.69) is 115 Å². The average Bonchev–Trinajstić information content (AvgIpc) is 2.62. The van der Waals surface area contributed by atoms with Crippen molar-refractivity contribution >= 4 is 33.4 Å². The van der Waals surface area contributed by atoms with E-state index in [-0.39, 0.29) is 9.65 Å². The van der Waals surface area contributed by atoms with E-state index in [1.165, 1.54) is 10.9 Å². The highest BCUT2D eigenvalue weighted by atomic mass is 127. The summed E-state index contributed by atoms with van der Waals surface area (Å²) in [5.41, 5.74) is 1.21. The summed E-state index contributed by atoms with van der Waals surface area (Å²) in [4.78, 5) is 2.25. The molecule has 0 heterocycles. The number of halogens is 1. The smallest absolute Gasteiger partial charge is 0.128 e. The molecule has 3 aromatic carbocycles. The minimum Gasteiger partial charge on any atom is -0.485 e. The van der Waals surface area contributed by atoms with Gasteiger partial charge in [-0.2, -0.15) is 0 Å². The van der Waals surface area contributed by atoms with Gasteiger partial charge in [-0.25, -0.2) is 0 Å². The Morgan fingerprint density at radius 3 is 2.28 bits per heavy atom. The van der Waals surface area contributed by atoms with E-state index < -0.39 is 0 Å². The van der Waals surface area contributed by atoms with Crippen molar-refractivity contribution in [3.05, 3.63) is 78.4 Å². The second kappa shape index (κ2) is 7.75. The van der Waals surface area contributed by atoms with E-state index in [4.69, 9.17) is 4.74 Å². The quantitative estimate of drug-likeness (QED) is 0.260. The fraction of sp³-hybridized carbons (Fsp3) is 0.273. The highest BCUT2D eigenvalue weighted by molar-refractivity contribution is 14.1. The lowest BCUT2D eigenvalue weighted by Gasteiger charge is -2.34. The Morgan fingerprint density at radius 2 is 1.56 bits per heavy atom. The Balaban J connectivity index is 1.97. The van der Waals surface area contributed by atoms with Crippen LogP contribution in [0.1, 0.15) is 25.0 Å². The molecule has 0 aliphatic rings. The summed E-state index contributed by atoms with van der Waals surface area (Å²) < 4.78 is 6.57. The Kier molecular flexibility index (Phi) is 5.64. The molecule has 0 saturated heterocycles. The fourth-order valence-corrected chi connectivity index (χ4v) is 3.27. The average molecular weight is 445 g/mol. The third kappa shape index (κ3) is 4.33. The maximum Gasteiger partial charge on any atom is 0.128 e. The summed E-state index contributed by atoms with van der Waals surface area (Å²) in [5, 5.41) is 2.36. The van der Waals surface area contributed by atoms with Crippen molar-refractivity contribution in [2.75, 3.05) is 14.1 Å². The molecule has 0 bridgehead atoms. The summed E-state index contributed by atoms with van der Waals surface area (Å²) in [7, 11) is 4.23. The molecule has 130 valence electrons. The van der Waals surface area contributed by atoms with E-state index >= 15 is 0 Å². The van der Waals surface area contributed by atoms with E-state index in [9.17, 15) is 0 Å². The van der Waals surface area contributed by atoms with Crippen LogP contribution >= 0.6 is 22.6 Å². The van der Waals surface area contributed by atoms with Crippen LogP contribution < -0.4 is 4.74 Å². The molecule has 0 radical (unpaired) electrons. The number of hydrogen-bond acceptors (Lipinski definition) is 2. The Morgan fingerprint density at radius 1 is 0.920 bits per heavy atom. The first kappa shape index (κ1) is 18.2. The van der Waals surface area contributed by atoms with Gasteiger partial charge in [0, 0.05) is 11.8 Å². The van der Waals surface area contributed by atoms with Crippen LogP contribution in [0.2, 0.25) is 0 Å². The molecule has 2 unspecified atom stereocenters. The van der Waals surface area contributed by atoms with Crippen LogP contribution in [-0.2, 0) is 0 Å². The van der Waals surface area contributed by atoms with Gasteiger partial charge in [-0.3, -0.25) is 4.90 Å². The lowest BCUT2D eigenvalue weighted by Crippen LogP contribution is -2.37. The van der Waals surface area contributed by atoms with Crippen molar-refractivity contribution in [1.82, 2.24) is 4.90 Å². The van der Waals surface area contributed by atoms with E-state index in [0.29, 0.717) is 0 Å². The molecule has 3 heteroatoms. The molecule has 2 nitrogen and oxygen atoms in total. The first-order valence-corrected chi connectivity index (χ1v) is 9.61. The van der Waals surface area contributed by atoms with Crippen LogP contribution in [0.5, 0.6) is 5.75 Å². The summed E-state index contributed by atoms with van der Waals surface area (Å²) >= 11 is 2.51. The normalized spacial score (nSPS) is 15.1. The number of ether oxygens (including phenoxy) is 1. The summed E-state index contributed by atoms with van der Waals surface area (Å²) in [5.74, 6) is 0.943. The van der Waals surface area contributed by atoms with Crippen LogP contribution in [0, 0.1) is 0 Å². The Labute approximate surface area is 163 Å². The van der Waals surface area contributed by atoms with Crippen LogP contribution in [0.4, 0.5) is 0 Å². The molecule has 0 aliphatic heterocycles. The molecule has 0 aliphatic carbocycles. The van der Waals surface area contributed by atoms with Crippen LogP contribution in [0.25, 0.3) is 10.8 Å². The van der Waals surface area contributed by atoms with Crippen molar-refractivity contribution in [3.8, 4) is 5.75 Å². The Hall–Kier alpha value is -1.59. The van der Waals surface area contributed by atoms with Gasteiger partial charge in [-0.1, -0.05) is 89.3 Å². The van der Waals surface area contributed by atoms with Gasteiger partial charge in [0.2, 0.25) is 0 Å². The molecule has 0 saturated carbocycles. The maximum atomic E-state index is 6.57. The van der Waals surface area contributed by atoms with E-state index in [1.54, 1.807) is 0 Å². The minimum atomic E-state index is -0.00342. The molecule has 3 aromatic rings. The third-order valence-corrected chi connectivity index (χ3v) is 6.09. The number of alkyl halides is 1. The highest BCUT2D eigenvalue weighted by Crippen LogP contribution is 2.37. The molecule has 0 aromatic heterocycles. The first-order valence-electron chi connectivity index (χ1n) is 8.53. The van der Waals surface area contributed by atoms with Crippen LogP contribution in [0.3, 0.4) is 0 Å². The maximum absolute atomic E-state index is 6.57. The van der Waals surface area contributed by atoms with Gasteiger partial charge in [0.15, 0.2) is 0 Å². The van der Waals surface area contributed by atoms with Crippen molar-refractivity contribution < 1.29 is 4.74 Å². The SMILES string of the molecule is CN(C)C(C)(I)CC(Oc1cccc2ccccc12)c1ccccc1. The second-order valence-electron chi connectivity index (χ2n) is 6.74. The predicted molar refractivity (Wildman–Crippen MR) is 114 cm³/mol. The van der Waals surface area contributed by atoms with Gasteiger partial charge in [0.25, 0.3) is 0 Å². The molecule has 3 rings (SSSR count). The van der Waals surface area contributed by atoms with Crippen molar-refractivity contribution in [2.24, 2.45) is 0 Å². The van der Waals surface area contributed by atoms with Gasteiger partial charge in [0.1, 0.15) is 11.9 Å². The molecule has 0 N–H and O–H groups in total. The molecule has 2 atom stereocenters. The molecule has 0 amide bonds. The highest BCUT2D eigenvalue weighted by Gasteiger charge is 2.29. The molecular weight excluding hydrogens is 421 g/mol. The molecule has 0 spiro atoms. The van der Waals surface area contributed by atoms with Crippen molar-refractivity contribution in [2.45, 2.75) is 23.0 Å². The topological polar surface area (TPSA) is 12.5 Å². The summed E-state index contributed by atoms with van der Waals surface area (Å²) in [6.45, 7) is 2.25. The zero-order valence-electron chi connectivity index (χ0n) is 14.9. The lowest BCUT2D eigenvalue weighted by molar-refractivity contribution is 0.147. The summed E-state index contributed by atoms with van der Waals surface area (Å²) in [6, 6.07) is 25.1. The monoisotopic (exact) mass is 445 g/mol. The van der Waals surface area contributed by atoms with E-state index in [0.717, 1.165) is 17.6 Å². The Bertz CT molecular complexity index is 824. The number of hydrogen-bond donors (Lipinski definition) is 0.